The Morgan fingerprint density at radius 3 is 2.12 bits per heavy atom. The summed E-state index contributed by atoms with van der Waals surface area (Å²) in [6.07, 6.45) is -4.35. The van der Waals surface area contributed by atoms with E-state index in [2.05, 4.69) is 5.32 Å². The molecule has 0 saturated carbocycles. The van der Waals surface area contributed by atoms with E-state index in [1.54, 1.807) is 0 Å². The first kappa shape index (κ1) is 15.5. The smallest absolute Gasteiger partial charge is 0.388 e. The fraction of sp³-hybridized carbons (Fsp3) is 0.417. The van der Waals surface area contributed by atoms with Gasteiger partial charge in [-0.2, -0.15) is 13.2 Å². The third kappa shape index (κ3) is 4.09. The Kier molecular flexibility index (Phi) is 5.71. The first-order chi connectivity index (χ1) is 7.86. The number of anilines is 1. The minimum Gasteiger partial charge on any atom is -0.388 e. The van der Waals surface area contributed by atoms with Gasteiger partial charge in [0.2, 0.25) is 0 Å². The molecule has 2 nitrogen and oxygen atoms in total. The maximum Gasteiger partial charge on any atom is 0.416 e. The Labute approximate surface area is 99.4 Å². The fourth-order valence-electron chi connectivity index (χ4n) is 1.25. The lowest BCUT2D eigenvalue weighted by atomic mass is 10.1. The second kappa shape index (κ2) is 6.27. The first-order valence-electron chi connectivity index (χ1n) is 5.30. The Balaban J connectivity index is 0.00000121. The summed E-state index contributed by atoms with van der Waals surface area (Å²) >= 11 is 0. The fourth-order valence-corrected chi connectivity index (χ4v) is 1.25. The molecule has 96 valence electrons. The van der Waals surface area contributed by atoms with Gasteiger partial charge >= 0.3 is 6.18 Å². The van der Waals surface area contributed by atoms with Gasteiger partial charge in [-0.3, -0.25) is 0 Å². The number of hydrogen-bond donors (Lipinski definition) is 2. The van der Waals surface area contributed by atoms with E-state index in [-0.39, 0.29) is 5.71 Å². The molecule has 1 rings (SSSR count). The van der Waals surface area contributed by atoms with E-state index in [1.807, 2.05) is 13.8 Å². The van der Waals surface area contributed by atoms with Crippen LogP contribution in [0.25, 0.3) is 0 Å². The lowest BCUT2D eigenvalue weighted by Gasteiger charge is -2.12. The highest BCUT2D eigenvalue weighted by Crippen LogP contribution is 2.32. The molecule has 2 N–H and O–H groups in total. The molecule has 0 aromatic heterocycles. The molecule has 0 aliphatic rings. The summed E-state index contributed by atoms with van der Waals surface area (Å²) in [5.74, 6) is 0. The van der Waals surface area contributed by atoms with Crippen LogP contribution in [0.2, 0.25) is 0 Å². The van der Waals surface area contributed by atoms with Gasteiger partial charge in [-0.15, -0.1) is 0 Å². The summed E-state index contributed by atoms with van der Waals surface area (Å²) in [4.78, 5) is 0. The van der Waals surface area contributed by atoms with Gasteiger partial charge in [-0.1, -0.05) is 19.9 Å². The van der Waals surface area contributed by atoms with Crippen LogP contribution in [0.4, 0.5) is 18.9 Å². The molecule has 1 aromatic rings. The van der Waals surface area contributed by atoms with Crippen molar-refractivity contribution in [2.75, 3.05) is 12.4 Å². The van der Waals surface area contributed by atoms with Crippen molar-refractivity contribution in [2.45, 2.75) is 26.9 Å². The van der Waals surface area contributed by atoms with E-state index in [4.69, 9.17) is 5.41 Å². The van der Waals surface area contributed by atoms with Crippen LogP contribution < -0.4 is 5.32 Å². The van der Waals surface area contributed by atoms with Gasteiger partial charge in [-0.05, 0) is 19.1 Å². The van der Waals surface area contributed by atoms with Gasteiger partial charge in [0.25, 0.3) is 0 Å². The average Bonchev–Trinajstić information content (AvgIpc) is 2.29. The van der Waals surface area contributed by atoms with Gasteiger partial charge in [0.05, 0.1) is 5.56 Å². The molecule has 0 radical (unpaired) electrons. The normalized spacial score (nSPS) is 10.3. The second-order valence-corrected chi connectivity index (χ2v) is 3.13. The van der Waals surface area contributed by atoms with Crippen molar-refractivity contribution in [2.24, 2.45) is 0 Å². The molecule has 0 aliphatic carbocycles. The van der Waals surface area contributed by atoms with E-state index in [0.29, 0.717) is 11.3 Å². The number of hydrogen-bond acceptors (Lipinski definition) is 2. The predicted molar refractivity (Wildman–Crippen MR) is 64.8 cm³/mol. The van der Waals surface area contributed by atoms with Gasteiger partial charge in [-0.25, -0.2) is 0 Å². The van der Waals surface area contributed by atoms with Crippen LogP contribution >= 0.6 is 0 Å². The van der Waals surface area contributed by atoms with Gasteiger partial charge in [0.1, 0.15) is 0 Å². The minimum atomic E-state index is -4.35. The van der Waals surface area contributed by atoms with Crippen LogP contribution in [0.1, 0.15) is 31.9 Å². The number of rotatable bonds is 2. The molecule has 0 heterocycles. The largest absolute Gasteiger partial charge is 0.416 e. The summed E-state index contributed by atoms with van der Waals surface area (Å²) in [7, 11) is 1.53. The predicted octanol–water partition coefficient (Wildman–Crippen LogP) is 4.16. The molecule has 0 aliphatic heterocycles. The van der Waals surface area contributed by atoms with Gasteiger partial charge in [0.15, 0.2) is 0 Å². The van der Waals surface area contributed by atoms with E-state index >= 15 is 0 Å². The minimum absolute atomic E-state index is 0.230. The van der Waals surface area contributed by atoms with Crippen LogP contribution in [-0.2, 0) is 6.18 Å². The molecule has 0 unspecified atom stereocenters. The van der Waals surface area contributed by atoms with Crippen LogP contribution in [0, 0.1) is 5.41 Å². The highest BCUT2D eigenvalue weighted by Gasteiger charge is 2.30. The lowest BCUT2D eigenvalue weighted by molar-refractivity contribution is -0.137. The maximum atomic E-state index is 12.4. The first-order valence-corrected chi connectivity index (χ1v) is 5.30. The average molecular weight is 246 g/mol. The van der Waals surface area contributed by atoms with Crippen LogP contribution in [0.15, 0.2) is 18.2 Å². The molecule has 5 heteroatoms. The molecular weight excluding hydrogens is 229 g/mol. The molecule has 17 heavy (non-hydrogen) atoms. The molecular formula is C12H17F3N2. The summed E-state index contributed by atoms with van der Waals surface area (Å²) in [5, 5.41) is 10.0. The summed E-state index contributed by atoms with van der Waals surface area (Å²) in [6.45, 7) is 5.53. The van der Waals surface area contributed by atoms with E-state index in [9.17, 15) is 13.2 Å². The molecule has 0 atom stereocenters. The Bertz CT molecular complexity index is 384. The third-order valence-corrected chi connectivity index (χ3v) is 2.02. The van der Waals surface area contributed by atoms with E-state index in [0.717, 1.165) is 12.1 Å². The molecule has 0 bridgehead atoms. The van der Waals surface area contributed by atoms with Crippen molar-refractivity contribution in [3.8, 4) is 0 Å². The number of halogens is 3. The zero-order valence-corrected chi connectivity index (χ0v) is 10.4. The van der Waals surface area contributed by atoms with Crippen molar-refractivity contribution in [1.29, 1.82) is 5.41 Å². The maximum absolute atomic E-state index is 12.4. The van der Waals surface area contributed by atoms with Crippen molar-refractivity contribution in [3.63, 3.8) is 0 Å². The molecule has 0 spiro atoms. The van der Waals surface area contributed by atoms with Crippen molar-refractivity contribution >= 4 is 11.4 Å². The number of nitrogens with one attached hydrogen (secondary N) is 2. The third-order valence-electron chi connectivity index (χ3n) is 2.02. The second-order valence-electron chi connectivity index (χ2n) is 3.13. The Morgan fingerprint density at radius 1 is 1.24 bits per heavy atom. The van der Waals surface area contributed by atoms with Crippen molar-refractivity contribution in [1.82, 2.24) is 0 Å². The monoisotopic (exact) mass is 246 g/mol. The standard InChI is InChI=1S/C10H11F3N2.C2H6/c1-6(14)8-4-3-7(10(11,12)13)5-9(8)15-2;1-2/h3-5,14-15H,1-2H3;1-2H3. The zero-order chi connectivity index (χ0) is 13.6. The molecule has 1 aromatic carbocycles. The number of alkyl halides is 3. The summed E-state index contributed by atoms with van der Waals surface area (Å²) in [6, 6.07) is 3.29. The van der Waals surface area contributed by atoms with Crippen molar-refractivity contribution in [3.05, 3.63) is 29.3 Å². The molecule has 0 saturated heterocycles. The quantitative estimate of drug-likeness (QED) is 0.755. The Morgan fingerprint density at radius 2 is 1.76 bits per heavy atom. The van der Waals surface area contributed by atoms with Crippen LogP contribution in [0.5, 0.6) is 0 Å². The number of benzene rings is 1. The SMILES string of the molecule is CC.CNc1cc(C(F)(F)F)ccc1C(C)=N. The van der Waals surface area contributed by atoms with Crippen LogP contribution in [-0.4, -0.2) is 12.8 Å². The van der Waals surface area contributed by atoms with Gasteiger partial charge in [0, 0.05) is 24.0 Å². The highest BCUT2D eigenvalue weighted by atomic mass is 19.4. The lowest BCUT2D eigenvalue weighted by Crippen LogP contribution is -2.08. The topological polar surface area (TPSA) is 35.9 Å². The molecule has 0 fully saturated rings. The highest BCUT2D eigenvalue weighted by molar-refractivity contribution is 6.01. The van der Waals surface area contributed by atoms with Crippen LogP contribution in [0.3, 0.4) is 0 Å². The van der Waals surface area contributed by atoms with E-state index < -0.39 is 11.7 Å². The zero-order valence-electron chi connectivity index (χ0n) is 10.4. The molecule has 0 amide bonds. The Hall–Kier alpha value is -1.52. The van der Waals surface area contributed by atoms with E-state index in [1.165, 1.54) is 20.0 Å². The van der Waals surface area contributed by atoms with Crippen molar-refractivity contribution < 1.29 is 13.2 Å². The summed E-state index contributed by atoms with van der Waals surface area (Å²) in [5.41, 5.74) is 0.313. The van der Waals surface area contributed by atoms with Gasteiger partial charge < -0.3 is 10.7 Å². The summed E-state index contributed by atoms with van der Waals surface area (Å²) < 4.78 is 37.1.